The van der Waals surface area contributed by atoms with Gasteiger partial charge in [0.1, 0.15) is 5.82 Å². The second-order valence-corrected chi connectivity index (χ2v) is 9.50. The number of aromatic nitrogens is 2. The number of carbonyl (C=O) groups excluding carboxylic acids is 1. The zero-order chi connectivity index (χ0) is 20.6. The molecule has 1 unspecified atom stereocenters. The summed E-state index contributed by atoms with van der Waals surface area (Å²) < 4.78 is 2.21. The standard InChI is InChI=1S/C23H32N4O2/c1-23(2,3)19(15-28)24-22(29)20-18-14-26(13-16-9-10-16)11-12-27(18)21(25-20)17-7-5-4-6-8-17/h4-8,16,19,28H,9-15H2,1-3H3,(H,24,29). The number of rotatable bonds is 6. The van der Waals surface area contributed by atoms with Gasteiger partial charge in [-0.05, 0) is 24.2 Å². The molecule has 1 aromatic carbocycles. The van der Waals surface area contributed by atoms with Crippen molar-refractivity contribution in [1.82, 2.24) is 19.8 Å². The number of hydrogen-bond donors (Lipinski definition) is 2. The highest BCUT2D eigenvalue weighted by molar-refractivity contribution is 5.94. The molecule has 1 aliphatic heterocycles. The van der Waals surface area contributed by atoms with Crippen molar-refractivity contribution in [3.8, 4) is 11.4 Å². The van der Waals surface area contributed by atoms with Crippen LogP contribution in [-0.4, -0.2) is 51.2 Å². The van der Waals surface area contributed by atoms with Gasteiger partial charge < -0.3 is 15.0 Å². The van der Waals surface area contributed by atoms with E-state index in [1.165, 1.54) is 12.8 Å². The van der Waals surface area contributed by atoms with Gasteiger partial charge in [-0.15, -0.1) is 0 Å². The van der Waals surface area contributed by atoms with Crippen LogP contribution in [0.5, 0.6) is 0 Å². The van der Waals surface area contributed by atoms with Crippen LogP contribution in [0.1, 0.15) is 49.8 Å². The Morgan fingerprint density at radius 2 is 1.97 bits per heavy atom. The van der Waals surface area contributed by atoms with Crippen molar-refractivity contribution in [3.05, 3.63) is 41.7 Å². The molecule has 0 spiro atoms. The third-order valence-corrected chi connectivity index (χ3v) is 6.08. The summed E-state index contributed by atoms with van der Waals surface area (Å²) in [6, 6.07) is 9.75. The molecule has 1 atom stereocenters. The molecule has 0 radical (unpaired) electrons. The van der Waals surface area contributed by atoms with E-state index in [-0.39, 0.29) is 24.0 Å². The normalized spacial score (nSPS) is 18.3. The number of imidazole rings is 1. The summed E-state index contributed by atoms with van der Waals surface area (Å²) >= 11 is 0. The van der Waals surface area contributed by atoms with E-state index in [2.05, 4.69) is 14.8 Å². The van der Waals surface area contributed by atoms with E-state index in [1.54, 1.807) is 0 Å². The van der Waals surface area contributed by atoms with Crippen molar-refractivity contribution >= 4 is 5.91 Å². The smallest absolute Gasteiger partial charge is 0.272 e. The van der Waals surface area contributed by atoms with Crippen molar-refractivity contribution < 1.29 is 9.90 Å². The Labute approximate surface area is 172 Å². The zero-order valence-electron chi connectivity index (χ0n) is 17.7. The van der Waals surface area contributed by atoms with Crippen LogP contribution in [0.25, 0.3) is 11.4 Å². The first kappa shape index (κ1) is 20.1. The van der Waals surface area contributed by atoms with Gasteiger partial charge >= 0.3 is 0 Å². The highest BCUT2D eigenvalue weighted by Gasteiger charge is 2.33. The molecule has 6 heteroatoms. The van der Waals surface area contributed by atoms with E-state index in [9.17, 15) is 9.90 Å². The molecule has 6 nitrogen and oxygen atoms in total. The molecule has 0 saturated heterocycles. The van der Waals surface area contributed by atoms with Gasteiger partial charge in [-0.25, -0.2) is 4.98 Å². The molecule has 0 bridgehead atoms. The zero-order valence-corrected chi connectivity index (χ0v) is 17.7. The molecule has 4 rings (SSSR count). The van der Waals surface area contributed by atoms with Crippen LogP contribution in [0.2, 0.25) is 0 Å². The molecule has 1 fully saturated rings. The Morgan fingerprint density at radius 1 is 1.24 bits per heavy atom. The van der Waals surface area contributed by atoms with Gasteiger partial charge in [0.05, 0.1) is 18.3 Å². The highest BCUT2D eigenvalue weighted by atomic mass is 16.3. The minimum absolute atomic E-state index is 0.0926. The van der Waals surface area contributed by atoms with E-state index >= 15 is 0 Å². The molecule has 2 N–H and O–H groups in total. The fraction of sp³-hybridized carbons (Fsp3) is 0.565. The van der Waals surface area contributed by atoms with E-state index in [0.29, 0.717) is 5.69 Å². The van der Waals surface area contributed by atoms with Gasteiger partial charge in [0.25, 0.3) is 5.91 Å². The fourth-order valence-electron chi connectivity index (χ4n) is 3.99. The summed E-state index contributed by atoms with van der Waals surface area (Å²) in [5, 5.41) is 12.8. The maximum absolute atomic E-state index is 13.2. The average Bonchev–Trinajstić information content (AvgIpc) is 3.43. The monoisotopic (exact) mass is 396 g/mol. The van der Waals surface area contributed by atoms with Gasteiger partial charge in [0.15, 0.2) is 5.69 Å². The van der Waals surface area contributed by atoms with Crippen molar-refractivity contribution in [3.63, 3.8) is 0 Å². The van der Waals surface area contributed by atoms with Crippen molar-refractivity contribution in [2.75, 3.05) is 19.7 Å². The summed E-state index contributed by atoms with van der Waals surface area (Å²) in [5.41, 5.74) is 2.27. The minimum Gasteiger partial charge on any atom is -0.394 e. The highest BCUT2D eigenvalue weighted by Crippen LogP contribution is 2.32. The first-order valence-electron chi connectivity index (χ1n) is 10.7. The van der Waals surface area contributed by atoms with E-state index in [0.717, 1.165) is 49.2 Å². The van der Waals surface area contributed by atoms with Gasteiger partial charge in [-0.2, -0.15) is 0 Å². The maximum Gasteiger partial charge on any atom is 0.272 e. The fourth-order valence-corrected chi connectivity index (χ4v) is 3.99. The molecular formula is C23H32N4O2. The third kappa shape index (κ3) is 4.38. The van der Waals surface area contributed by atoms with Gasteiger partial charge in [0, 0.05) is 31.7 Å². The van der Waals surface area contributed by atoms with Crippen LogP contribution in [0, 0.1) is 11.3 Å². The number of carbonyl (C=O) groups is 1. The van der Waals surface area contributed by atoms with E-state index < -0.39 is 0 Å². The summed E-state index contributed by atoms with van der Waals surface area (Å²) in [4.78, 5) is 20.5. The van der Waals surface area contributed by atoms with Gasteiger partial charge in [-0.3, -0.25) is 9.69 Å². The predicted molar refractivity (Wildman–Crippen MR) is 113 cm³/mol. The molecule has 1 aliphatic carbocycles. The van der Waals surface area contributed by atoms with Gasteiger partial charge in [-0.1, -0.05) is 51.1 Å². The summed E-state index contributed by atoms with van der Waals surface area (Å²) in [5.74, 6) is 1.47. The number of aliphatic hydroxyl groups excluding tert-OH is 1. The molecule has 1 saturated carbocycles. The predicted octanol–water partition coefficient (Wildman–Crippen LogP) is 2.91. The molecule has 1 aromatic heterocycles. The van der Waals surface area contributed by atoms with Crippen LogP contribution in [0.4, 0.5) is 0 Å². The maximum atomic E-state index is 13.2. The number of benzene rings is 1. The number of hydrogen-bond acceptors (Lipinski definition) is 4. The minimum atomic E-state index is -0.321. The van der Waals surface area contributed by atoms with Crippen LogP contribution in [0.3, 0.4) is 0 Å². The lowest BCUT2D eigenvalue weighted by molar-refractivity contribution is 0.0840. The first-order chi connectivity index (χ1) is 13.9. The number of fused-ring (bicyclic) bond motifs is 1. The molecule has 2 aromatic rings. The Kier molecular flexibility index (Phi) is 5.49. The van der Waals surface area contributed by atoms with E-state index in [1.807, 2.05) is 51.1 Å². The number of nitrogens with one attached hydrogen (secondary N) is 1. The first-order valence-corrected chi connectivity index (χ1v) is 10.7. The summed E-state index contributed by atoms with van der Waals surface area (Å²) in [6.45, 7) is 9.64. The van der Waals surface area contributed by atoms with Crippen LogP contribution < -0.4 is 5.32 Å². The molecule has 2 aliphatic rings. The topological polar surface area (TPSA) is 70.4 Å². The quantitative estimate of drug-likeness (QED) is 0.788. The van der Waals surface area contributed by atoms with Crippen LogP contribution in [-0.2, 0) is 13.1 Å². The van der Waals surface area contributed by atoms with Crippen LogP contribution >= 0.6 is 0 Å². The molecule has 156 valence electrons. The molecule has 29 heavy (non-hydrogen) atoms. The van der Waals surface area contributed by atoms with E-state index in [4.69, 9.17) is 4.98 Å². The Hall–Kier alpha value is -2.18. The largest absolute Gasteiger partial charge is 0.394 e. The second-order valence-electron chi connectivity index (χ2n) is 9.50. The van der Waals surface area contributed by atoms with Crippen molar-refractivity contribution in [1.29, 1.82) is 0 Å². The second kappa shape index (κ2) is 7.92. The SMILES string of the molecule is CC(C)(C)C(CO)NC(=O)c1nc(-c2ccccc2)n2c1CN(CC1CC1)CC2. The number of nitrogens with zero attached hydrogens (tertiary/aromatic N) is 3. The lowest BCUT2D eigenvalue weighted by Gasteiger charge is -2.31. The Balaban J connectivity index is 1.67. The average molecular weight is 397 g/mol. The molecule has 1 amide bonds. The van der Waals surface area contributed by atoms with Crippen molar-refractivity contribution in [2.45, 2.75) is 52.7 Å². The molecule has 2 heterocycles. The summed E-state index contributed by atoms with van der Waals surface area (Å²) in [7, 11) is 0. The Bertz CT molecular complexity index is 865. The number of amides is 1. The van der Waals surface area contributed by atoms with Crippen LogP contribution in [0.15, 0.2) is 30.3 Å². The molecular weight excluding hydrogens is 364 g/mol. The number of aliphatic hydroxyl groups is 1. The van der Waals surface area contributed by atoms with Gasteiger partial charge in [0.2, 0.25) is 0 Å². The lowest BCUT2D eigenvalue weighted by Crippen LogP contribution is -2.46. The summed E-state index contributed by atoms with van der Waals surface area (Å²) in [6.07, 6.45) is 2.64. The third-order valence-electron chi connectivity index (χ3n) is 6.08. The lowest BCUT2D eigenvalue weighted by atomic mass is 9.87. The van der Waals surface area contributed by atoms with Crippen molar-refractivity contribution in [2.24, 2.45) is 11.3 Å². The Morgan fingerprint density at radius 3 is 2.59 bits per heavy atom.